The summed E-state index contributed by atoms with van der Waals surface area (Å²) in [5, 5.41) is 12.1. The summed E-state index contributed by atoms with van der Waals surface area (Å²) in [7, 11) is -6.49. The van der Waals surface area contributed by atoms with Crippen LogP contribution in [0.5, 0.6) is 0 Å². The standard InChI is InChI=1S/C27H33NO3SSi/c1-5-20-27(29,33(3,4)25-14-10-7-11-15-25)26(21-23-12-8-6-9-13-23)28-32(30,31)24-18-16-22(2)17-19-24/h5-19,26,28-29H,1,20-21H2,2-4H3/t26-,27-/m0/s1. The Morgan fingerprint density at radius 2 is 1.52 bits per heavy atom. The monoisotopic (exact) mass is 479 g/mol. The molecule has 2 atom stereocenters. The van der Waals surface area contributed by atoms with Crippen molar-refractivity contribution in [3.05, 3.63) is 109 Å². The highest BCUT2D eigenvalue weighted by Gasteiger charge is 2.52. The summed E-state index contributed by atoms with van der Waals surface area (Å²) in [6, 6.07) is 25.6. The number of hydrogen-bond donors (Lipinski definition) is 2. The van der Waals surface area contributed by atoms with Gasteiger partial charge in [0, 0.05) is 0 Å². The molecule has 0 heterocycles. The molecule has 0 amide bonds. The molecule has 174 valence electrons. The molecule has 2 N–H and O–H groups in total. The molecule has 0 radical (unpaired) electrons. The first-order valence-electron chi connectivity index (χ1n) is 11.1. The van der Waals surface area contributed by atoms with Gasteiger partial charge in [-0.05, 0) is 37.5 Å². The Labute approximate surface area is 199 Å². The summed E-state index contributed by atoms with van der Waals surface area (Å²) in [6.07, 6.45) is 2.32. The second-order valence-corrected chi connectivity index (χ2v) is 15.5. The quantitative estimate of drug-likeness (QED) is 0.336. The smallest absolute Gasteiger partial charge is 0.240 e. The Morgan fingerprint density at radius 1 is 0.970 bits per heavy atom. The fourth-order valence-corrected chi connectivity index (χ4v) is 8.90. The van der Waals surface area contributed by atoms with Crippen molar-refractivity contribution in [2.24, 2.45) is 0 Å². The zero-order valence-corrected chi connectivity index (χ0v) is 21.3. The first kappa shape index (κ1) is 25.1. The highest BCUT2D eigenvalue weighted by atomic mass is 32.2. The van der Waals surface area contributed by atoms with Crippen LogP contribution >= 0.6 is 0 Å². The number of sulfonamides is 1. The number of hydrogen-bond acceptors (Lipinski definition) is 3. The van der Waals surface area contributed by atoms with E-state index in [1.807, 2.05) is 67.6 Å². The second-order valence-electron chi connectivity index (χ2n) is 9.08. The lowest BCUT2D eigenvalue weighted by atomic mass is 9.99. The predicted molar refractivity (Wildman–Crippen MR) is 139 cm³/mol. The van der Waals surface area contributed by atoms with Gasteiger partial charge in [0.1, 0.15) is 8.07 Å². The van der Waals surface area contributed by atoms with Gasteiger partial charge in [0.15, 0.2) is 0 Å². The van der Waals surface area contributed by atoms with Crippen LogP contribution in [-0.2, 0) is 16.4 Å². The minimum Gasteiger partial charge on any atom is -0.391 e. The fourth-order valence-electron chi connectivity index (χ4n) is 4.29. The Kier molecular flexibility index (Phi) is 7.75. The number of aryl methyl sites for hydroxylation is 1. The van der Waals surface area contributed by atoms with Crippen molar-refractivity contribution in [1.82, 2.24) is 4.72 Å². The summed E-state index contributed by atoms with van der Waals surface area (Å²) in [6.45, 7) is 9.98. The molecule has 0 aromatic heterocycles. The third kappa shape index (κ3) is 5.53. The van der Waals surface area contributed by atoms with E-state index < -0.39 is 29.4 Å². The van der Waals surface area contributed by atoms with Crippen LogP contribution in [0, 0.1) is 6.92 Å². The first-order valence-corrected chi connectivity index (χ1v) is 15.6. The molecule has 4 nitrogen and oxygen atoms in total. The lowest BCUT2D eigenvalue weighted by Crippen LogP contribution is -2.71. The molecule has 0 saturated heterocycles. The lowest BCUT2D eigenvalue weighted by molar-refractivity contribution is 0.0836. The van der Waals surface area contributed by atoms with Gasteiger partial charge in [0.2, 0.25) is 10.0 Å². The molecule has 3 aromatic rings. The third-order valence-electron chi connectivity index (χ3n) is 6.52. The molecule has 3 aromatic carbocycles. The normalized spacial score (nSPS) is 14.9. The van der Waals surface area contributed by atoms with E-state index in [1.165, 1.54) is 0 Å². The van der Waals surface area contributed by atoms with E-state index in [-0.39, 0.29) is 11.3 Å². The summed E-state index contributed by atoms with van der Waals surface area (Å²) < 4.78 is 29.7. The summed E-state index contributed by atoms with van der Waals surface area (Å²) >= 11 is 0. The molecule has 0 saturated carbocycles. The van der Waals surface area contributed by atoms with E-state index in [0.717, 1.165) is 16.3 Å². The zero-order valence-electron chi connectivity index (χ0n) is 19.5. The van der Waals surface area contributed by atoms with Crippen molar-refractivity contribution in [2.45, 2.75) is 49.0 Å². The molecule has 0 fully saturated rings. The number of aliphatic hydroxyl groups is 1. The number of benzene rings is 3. The highest BCUT2D eigenvalue weighted by molar-refractivity contribution is 7.89. The summed E-state index contributed by atoms with van der Waals surface area (Å²) in [5.41, 5.74) is 1.94. The number of rotatable bonds is 10. The van der Waals surface area contributed by atoms with Crippen molar-refractivity contribution >= 4 is 23.3 Å². The van der Waals surface area contributed by atoms with E-state index in [9.17, 15) is 13.5 Å². The van der Waals surface area contributed by atoms with E-state index in [1.54, 1.807) is 30.3 Å². The average Bonchev–Trinajstić information content (AvgIpc) is 2.80. The van der Waals surface area contributed by atoms with Crippen molar-refractivity contribution < 1.29 is 13.5 Å². The Bertz CT molecular complexity index is 1160. The van der Waals surface area contributed by atoms with Crippen LogP contribution in [-0.4, -0.2) is 32.9 Å². The Hall–Kier alpha value is -2.51. The largest absolute Gasteiger partial charge is 0.391 e. The van der Waals surface area contributed by atoms with Crippen LogP contribution in [0.2, 0.25) is 13.1 Å². The van der Waals surface area contributed by atoms with Crippen molar-refractivity contribution in [3.8, 4) is 0 Å². The molecule has 6 heteroatoms. The van der Waals surface area contributed by atoms with Gasteiger partial charge in [-0.2, -0.15) is 0 Å². The Balaban J connectivity index is 2.11. The van der Waals surface area contributed by atoms with E-state index in [2.05, 4.69) is 24.4 Å². The molecule has 0 aliphatic heterocycles. The van der Waals surface area contributed by atoms with Crippen molar-refractivity contribution in [2.75, 3.05) is 0 Å². The van der Waals surface area contributed by atoms with Crippen LogP contribution in [0.1, 0.15) is 17.5 Å². The molecule has 0 bridgehead atoms. The topological polar surface area (TPSA) is 66.4 Å². The molecular weight excluding hydrogens is 446 g/mol. The van der Waals surface area contributed by atoms with Gasteiger partial charge in [-0.15, -0.1) is 6.58 Å². The van der Waals surface area contributed by atoms with Crippen molar-refractivity contribution in [3.63, 3.8) is 0 Å². The SMILES string of the molecule is C=CC[C@@](O)([C@H](Cc1ccccc1)NS(=O)(=O)c1ccc(C)cc1)[Si](C)(C)c1ccccc1. The van der Waals surface area contributed by atoms with Gasteiger partial charge in [0.05, 0.1) is 16.2 Å². The maximum atomic E-state index is 13.4. The molecule has 0 spiro atoms. The molecule has 0 unspecified atom stereocenters. The minimum absolute atomic E-state index is 0.186. The average molecular weight is 480 g/mol. The molecule has 33 heavy (non-hydrogen) atoms. The van der Waals surface area contributed by atoms with Gasteiger partial charge >= 0.3 is 0 Å². The van der Waals surface area contributed by atoms with E-state index in [0.29, 0.717) is 6.42 Å². The predicted octanol–water partition coefficient (Wildman–Crippen LogP) is 4.35. The molecule has 0 aliphatic carbocycles. The van der Waals surface area contributed by atoms with Crippen LogP contribution < -0.4 is 9.91 Å². The van der Waals surface area contributed by atoms with E-state index in [4.69, 9.17) is 0 Å². The van der Waals surface area contributed by atoms with Gasteiger partial charge < -0.3 is 5.11 Å². The molecule has 0 aliphatic rings. The fraction of sp³-hybridized carbons (Fsp3) is 0.259. The maximum absolute atomic E-state index is 13.4. The van der Waals surface area contributed by atoms with Crippen molar-refractivity contribution in [1.29, 1.82) is 0 Å². The van der Waals surface area contributed by atoms with Crippen LogP contribution in [0.3, 0.4) is 0 Å². The Morgan fingerprint density at radius 3 is 2.06 bits per heavy atom. The van der Waals surface area contributed by atoms with Gasteiger partial charge in [-0.1, -0.05) is 103 Å². The second kappa shape index (κ2) is 10.2. The summed E-state index contributed by atoms with van der Waals surface area (Å²) in [5.74, 6) is 0. The maximum Gasteiger partial charge on any atom is 0.240 e. The minimum atomic E-state index is -3.86. The lowest BCUT2D eigenvalue weighted by Gasteiger charge is -2.46. The van der Waals surface area contributed by atoms with Crippen LogP contribution in [0.25, 0.3) is 0 Å². The summed E-state index contributed by atoms with van der Waals surface area (Å²) in [4.78, 5) is 0.186. The third-order valence-corrected chi connectivity index (χ3v) is 12.5. The van der Waals surface area contributed by atoms with Gasteiger partial charge in [-0.25, -0.2) is 13.1 Å². The molecular formula is C27H33NO3SSi. The number of nitrogens with one attached hydrogen (secondary N) is 1. The van der Waals surface area contributed by atoms with Crippen LogP contribution in [0.15, 0.2) is 102 Å². The molecule has 3 rings (SSSR count). The van der Waals surface area contributed by atoms with E-state index >= 15 is 0 Å². The van der Waals surface area contributed by atoms with Gasteiger partial charge in [0.25, 0.3) is 0 Å². The highest BCUT2D eigenvalue weighted by Crippen LogP contribution is 2.32. The van der Waals surface area contributed by atoms with Gasteiger partial charge in [-0.3, -0.25) is 0 Å². The van der Waals surface area contributed by atoms with Crippen LogP contribution in [0.4, 0.5) is 0 Å². The zero-order chi connectivity index (χ0) is 24.1. The first-order chi connectivity index (χ1) is 15.6.